The van der Waals surface area contributed by atoms with Crippen LogP contribution in [0.3, 0.4) is 0 Å². The Morgan fingerprint density at radius 1 is 1.11 bits per heavy atom. The first kappa shape index (κ1) is 20.7. The number of methoxy groups -OCH3 is 2. The van der Waals surface area contributed by atoms with Gasteiger partial charge >= 0.3 is 0 Å². The van der Waals surface area contributed by atoms with Gasteiger partial charge in [0.25, 0.3) is 0 Å². The van der Waals surface area contributed by atoms with Crippen LogP contribution in [0.4, 0.5) is 0 Å². The van der Waals surface area contributed by atoms with Crippen LogP contribution in [-0.4, -0.2) is 50.9 Å². The van der Waals surface area contributed by atoms with E-state index in [1.165, 1.54) is 6.92 Å². The maximum atomic E-state index is 12.7. The van der Waals surface area contributed by atoms with Crippen LogP contribution in [0.15, 0.2) is 18.2 Å². The van der Waals surface area contributed by atoms with Crippen molar-refractivity contribution in [3.05, 3.63) is 46.3 Å². The zero-order valence-corrected chi connectivity index (χ0v) is 17.0. The van der Waals surface area contributed by atoms with Crippen LogP contribution < -0.4 is 14.4 Å². The van der Waals surface area contributed by atoms with E-state index >= 15 is 0 Å². The van der Waals surface area contributed by atoms with Gasteiger partial charge in [-0.25, -0.2) is 0 Å². The van der Waals surface area contributed by atoms with Crippen molar-refractivity contribution in [3.8, 4) is 11.5 Å². The molecule has 1 atom stereocenters. The van der Waals surface area contributed by atoms with Gasteiger partial charge in [0.1, 0.15) is 6.54 Å². The predicted molar refractivity (Wildman–Crippen MR) is 104 cm³/mol. The summed E-state index contributed by atoms with van der Waals surface area (Å²) in [6.45, 7) is 6.35. The zero-order valence-electron chi connectivity index (χ0n) is 17.0. The number of carbonyl (C=O) groups is 2. The van der Waals surface area contributed by atoms with E-state index in [0.29, 0.717) is 29.3 Å². The van der Waals surface area contributed by atoms with Crippen LogP contribution in [-0.2, 0) is 6.42 Å². The lowest BCUT2D eigenvalue weighted by molar-refractivity contribution is -0.870. The summed E-state index contributed by atoms with van der Waals surface area (Å²) in [5.41, 5.74) is 3.80. The van der Waals surface area contributed by atoms with E-state index in [9.17, 15) is 9.59 Å². The van der Waals surface area contributed by atoms with Gasteiger partial charge in [0.15, 0.2) is 17.3 Å². The summed E-state index contributed by atoms with van der Waals surface area (Å²) >= 11 is 0. The van der Waals surface area contributed by atoms with Crippen molar-refractivity contribution in [2.45, 2.75) is 27.2 Å². The molecular formula is C21H29N2O4+. The minimum absolute atomic E-state index is 0.0190. The second-order valence-corrected chi connectivity index (χ2v) is 6.93. The van der Waals surface area contributed by atoms with Gasteiger partial charge in [-0.2, -0.15) is 0 Å². The molecular weight excluding hydrogens is 344 g/mol. The Kier molecular flexibility index (Phi) is 6.80. The summed E-state index contributed by atoms with van der Waals surface area (Å²) in [6, 6.07) is 5.86. The van der Waals surface area contributed by atoms with Gasteiger partial charge in [-0.05, 0) is 44.0 Å². The minimum atomic E-state index is -0.0190. The lowest BCUT2D eigenvalue weighted by Gasteiger charge is -2.14. The molecule has 0 spiro atoms. The molecule has 146 valence electrons. The lowest BCUT2D eigenvalue weighted by atomic mass is 10.1. The lowest BCUT2D eigenvalue weighted by Crippen LogP contribution is -3.10. The number of rotatable bonds is 9. The Morgan fingerprint density at radius 3 is 2.33 bits per heavy atom. The summed E-state index contributed by atoms with van der Waals surface area (Å²) in [4.78, 5) is 28.6. The topological polar surface area (TPSA) is 72.8 Å². The molecule has 6 heteroatoms. The Morgan fingerprint density at radius 2 is 1.78 bits per heavy atom. The van der Waals surface area contributed by atoms with Gasteiger partial charge in [-0.3, -0.25) is 9.59 Å². The molecule has 1 unspecified atom stereocenters. The maximum Gasteiger partial charge on any atom is 0.233 e. The predicted octanol–water partition coefficient (Wildman–Crippen LogP) is 1.79. The number of H-pyrrole nitrogens is 1. The van der Waals surface area contributed by atoms with Gasteiger partial charge in [0.05, 0.1) is 33.5 Å². The highest BCUT2D eigenvalue weighted by Crippen LogP contribution is 2.27. The van der Waals surface area contributed by atoms with Gasteiger partial charge in [0.2, 0.25) is 5.78 Å². The number of benzene rings is 1. The highest BCUT2D eigenvalue weighted by atomic mass is 16.5. The molecule has 1 aromatic heterocycles. The Labute approximate surface area is 160 Å². The average molecular weight is 373 g/mol. The average Bonchev–Trinajstić information content (AvgIpc) is 2.94. The summed E-state index contributed by atoms with van der Waals surface area (Å²) < 4.78 is 10.6. The van der Waals surface area contributed by atoms with Crippen molar-refractivity contribution in [3.63, 3.8) is 0 Å². The van der Waals surface area contributed by atoms with E-state index in [1.54, 1.807) is 14.2 Å². The molecule has 27 heavy (non-hydrogen) atoms. The number of Topliss-reactive ketones (excluding diaryl/α,β-unsaturated/α-hetero) is 2. The van der Waals surface area contributed by atoms with E-state index in [-0.39, 0.29) is 11.6 Å². The fraction of sp³-hybridized carbons (Fsp3) is 0.429. The fourth-order valence-corrected chi connectivity index (χ4v) is 3.40. The first-order valence-electron chi connectivity index (χ1n) is 9.04. The van der Waals surface area contributed by atoms with Crippen LogP contribution >= 0.6 is 0 Å². The van der Waals surface area contributed by atoms with Crippen molar-refractivity contribution in [2.75, 3.05) is 34.4 Å². The standard InChI is InChI=1S/C21H28N2O4/c1-13-20(15(3)24)14(2)22-21(13)17(25)12-23(4)10-9-16-7-8-18(26-5)19(11-16)27-6/h7-8,11,22H,9-10,12H2,1-6H3/p+1. The molecule has 0 saturated heterocycles. The highest BCUT2D eigenvalue weighted by Gasteiger charge is 2.22. The number of hydrogen-bond acceptors (Lipinski definition) is 4. The van der Waals surface area contributed by atoms with E-state index in [2.05, 4.69) is 4.98 Å². The third-order valence-corrected chi connectivity index (χ3v) is 4.82. The smallest absolute Gasteiger partial charge is 0.233 e. The number of hydrogen-bond donors (Lipinski definition) is 2. The van der Waals surface area contributed by atoms with Crippen LogP contribution in [0, 0.1) is 13.8 Å². The second-order valence-electron chi connectivity index (χ2n) is 6.93. The Hall–Kier alpha value is -2.60. The number of carbonyl (C=O) groups excluding carboxylic acids is 2. The minimum Gasteiger partial charge on any atom is -0.493 e. The van der Waals surface area contributed by atoms with E-state index in [4.69, 9.17) is 9.47 Å². The maximum absolute atomic E-state index is 12.7. The van der Waals surface area contributed by atoms with Crippen LogP contribution in [0.25, 0.3) is 0 Å². The van der Waals surface area contributed by atoms with Crippen LogP contribution in [0.1, 0.15) is 44.6 Å². The summed E-state index contributed by atoms with van der Waals surface area (Å²) in [7, 11) is 5.23. The normalized spacial score (nSPS) is 11.9. The number of ketones is 2. The highest BCUT2D eigenvalue weighted by molar-refractivity contribution is 6.03. The number of aromatic nitrogens is 1. The third-order valence-electron chi connectivity index (χ3n) is 4.82. The van der Waals surface area contributed by atoms with Crippen LogP contribution in [0.5, 0.6) is 11.5 Å². The molecule has 0 aliphatic rings. The van der Waals surface area contributed by atoms with Crippen molar-refractivity contribution in [1.82, 2.24) is 4.98 Å². The molecule has 0 radical (unpaired) electrons. The number of likely N-dealkylation sites (N-methyl/N-ethyl adjacent to an activating group) is 1. The van der Waals surface area contributed by atoms with Crippen molar-refractivity contribution < 1.29 is 24.0 Å². The first-order chi connectivity index (χ1) is 12.8. The molecule has 6 nitrogen and oxygen atoms in total. The molecule has 0 bridgehead atoms. The largest absolute Gasteiger partial charge is 0.493 e. The summed E-state index contributed by atoms with van der Waals surface area (Å²) in [6.07, 6.45) is 0.820. The second kappa shape index (κ2) is 8.86. The molecule has 2 N–H and O–H groups in total. The van der Waals surface area contributed by atoms with Crippen molar-refractivity contribution in [2.24, 2.45) is 0 Å². The van der Waals surface area contributed by atoms with E-state index < -0.39 is 0 Å². The molecule has 0 fully saturated rings. The molecule has 2 aromatic rings. The van der Waals surface area contributed by atoms with E-state index in [1.807, 2.05) is 39.1 Å². The monoisotopic (exact) mass is 373 g/mol. The van der Waals surface area contributed by atoms with Gasteiger partial charge in [0, 0.05) is 17.7 Å². The first-order valence-corrected chi connectivity index (χ1v) is 9.04. The number of aryl methyl sites for hydroxylation is 1. The quantitative estimate of drug-likeness (QED) is 0.658. The molecule has 2 rings (SSSR count). The third kappa shape index (κ3) is 4.77. The molecule has 1 heterocycles. The van der Waals surface area contributed by atoms with Gasteiger partial charge < -0.3 is 19.4 Å². The molecule has 0 aliphatic carbocycles. The SMILES string of the molecule is COc1ccc(CC[NH+](C)CC(=O)c2[nH]c(C)c(C(C)=O)c2C)cc1OC. The van der Waals surface area contributed by atoms with E-state index in [0.717, 1.165) is 34.7 Å². The molecule has 1 aromatic carbocycles. The molecule has 0 aliphatic heterocycles. The van der Waals surface area contributed by atoms with Crippen molar-refractivity contribution >= 4 is 11.6 Å². The van der Waals surface area contributed by atoms with Crippen molar-refractivity contribution in [1.29, 1.82) is 0 Å². The Balaban J connectivity index is 2.00. The number of nitrogens with one attached hydrogen (secondary N) is 2. The number of ether oxygens (including phenoxy) is 2. The fourth-order valence-electron chi connectivity index (χ4n) is 3.40. The zero-order chi connectivity index (χ0) is 20.1. The van der Waals surface area contributed by atoms with Gasteiger partial charge in [-0.15, -0.1) is 0 Å². The molecule has 0 saturated carbocycles. The van der Waals surface area contributed by atoms with Crippen LogP contribution in [0.2, 0.25) is 0 Å². The number of aromatic amines is 1. The summed E-state index contributed by atoms with van der Waals surface area (Å²) in [5, 5.41) is 0. The number of quaternary nitrogens is 1. The van der Waals surface area contributed by atoms with Gasteiger partial charge in [-0.1, -0.05) is 6.07 Å². The molecule has 0 amide bonds. The Bertz CT molecular complexity index is 839. The summed E-state index contributed by atoms with van der Waals surface area (Å²) in [5.74, 6) is 1.41.